The van der Waals surface area contributed by atoms with Gasteiger partial charge < -0.3 is 14.1 Å². The molecule has 3 rings (SSSR count). The lowest BCUT2D eigenvalue weighted by Crippen LogP contribution is -2.22. The molecule has 0 radical (unpaired) electrons. The highest BCUT2D eigenvalue weighted by Gasteiger charge is 2.27. The van der Waals surface area contributed by atoms with Crippen molar-refractivity contribution in [3.63, 3.8) is 0 Å². The fraction of sp³-hybridized carbons (Fsp3) is 0.385. The van der Waals surface area contributed by atoms with Crippen molar-refractivity contribution < 1.29 is 17.9 Å². The summed E-state index contributed by atoms with van der Waals surface area (Å²) < 4.78 is 33.7. The van der Waals surface area contributed by atoms with Crippen LogP contribution in [-0.2, 0) is 23.2 Å². The smallest absolute Gasteiger partial charge is 0.242 e. The van der Waals surface area contributed by atoms with E-state index < -0.39 is 10.0 Å². The van der Waals surface area contributed by atoms with Crippen molar-refractivity contribution in [3.05, 3.63) is 42.1 Å². The van der Waals surface area contributed by atoms with E-state index in [1.807, 2.05) is 4.57 Å². The molecule has 0 spiro atoms. The number of aromatic nitrogens is 1. The van der Waals surface area contributed by atoms with Gasteiger partial charge in [0.15, 0.2) is 0 Å². The summed E-state index contributed by atoms with van der Waals surface area (Å²) >= 11 is 0. The number of hydrogen-bond acceptors (Lipinski definition) is 4. The molecule has 0 aliphatic heterocycles. The molecular weight excluding hydrogens is 280 g/mol. The van der Waals surface area contributed by atoms with Crippen molar-refractivity contribution in [1.29, 1.82) is 0 Å². The molecule has 0 unspecified atom stereocenters. The van der Waals surface area contributed by atoms with Gasteiger partial charge in [-0.1, -0.05) is 0 Å². The average molecular weight is 296 g/mol. The Morgan fingerprint density at radius 1 is 1.45 bits per heavy atom. The lowest BCUT2D eigenvalue weighted by Gasteiger charge is -2.04. The summed E-state index contributed by atoms with van der Waals surface area (Å²) in [7, 11) is -3.58. The maximum absolute atomic E-state index is 12.2. The molecule has 2 aromatic rings. The monoisotopic (exact) mass is 296 g/mol. The first-order chi connectivity index (χ1) is 9.60. The number of furan rings is 1. The Labute approximate surface area is 117 Å². The topological polar surface area (TPSA) is 84.5 Å². The van der Waals surface area contributed by atoms with Crippen molar-refractivity contribution in [1.82, 2.24) is 9.29 Å². The predicted molar refractivity (Wildman–Crippen MR) is 71.4 cm³/mol. The van der Waals surface area contributed by atoms with Gasteiger partial charge in [-0.05, 0) is 25.0 Å². The second-order valence-corrected chi connectivity index (χ2v) is 6.69. The SMILES string of the molecule is O=S(=O)(NCc1ccoc1)c1cc(CO)n(C2CC2)c1. The zero-order valence-corrected chi connectivity index (χ0v) is 11.6. The highest BCUT2D eigenvalue weighted by atomic mass is 32.2. The van der Waals surface area contributed by atoms with Gasteiger partial charge in [0.1, 0.15) is 0 Å². The van der Waals surface area contributed by atoms with Crippen molar-refractivity contribution in [2.75, 3.05) is 0 Å². The van der Waals surface area contributed by atoms with Crippen LogP contribution in [-0.4, -0.2) is 18.1 Å². The summed E-state index contributed by atoms with van der Waals surface area (Å²) in [5.74, 6) is 0. The molecule has 20 heavy (non-hydrogen) atoms. The fourth-order valence-electron chi connectivity index (χ4n) is 2.12. The molecule has 7 heteroatoms. The highest BCUT2D eigenvalue weighted by molar-refractivity contribution is 7.89. The van der Waals surface area contributed by atoms with Crippen LogP contribution in [0.15, 0.2) is 40.2 Å². The maximum Gasteiger partial charge on any atom is 0.242 e. The quantitative estimate of drug-likeness (QED) is 0.843. The van der Waals surface area contributed by atoms with Crippen molar-refractivity contribution in [3.8, 4) is 0 Å². The molecule has 1 aliphatic rings. The normalized spacial score (nSPS) is 15.7. The molecule has 1 aliphatic carbocycles. The van der Waals surface area contributed by atoms with E-state index in [1.165, 1.54) is 18.6 Å². The molecule has 1 fully saturated rings. The Kier molecular flexibility index (Phi) is 3.41. The van der Waals surface area contributed by atoms with Gasteiger partial charge in [-0.15, -0.1) is 0 Å². The summed E-state index contributed by atoms with van der Waals surface area (Å²) in [5, 5.41) is 9.31. The largest absolute Gasteiger partial charge is 0.472 e. The minimum absolute atomic E-state index is 0.159. The van der Waals surface area contributed by atoms with Gasteiger partial charge in [0.2, 0.25) is 10.0 Å². The molecule has 0 bridgehead atoms. The number of rotatable bonds is 6. The molecule has 6 nitrogen and oxygen atoms in total. The number of nitrogens with zero attached hydrogens (tertiary/aromatic N) is 1. The molecule has 1 saturated carbocycles. The molecule has 0 atom stereocenters. The van der Waals surface area contributed by atoms with Gasteiger partial charge >= 0.3 is 0 Å². The zero-order chi connectivity index (χ0) is 14.2. The third-order valence-electron chi connectivity index (χ3n) is 3.37. The minimum atomic E-state index is -3.58. The van der Waals surface area contributed by atoms with Crippen LogP contribution in [0.1, 0.15) is 30.1 Å². The first-order valence-corrected chi connectivity index (χ1v) is 7.91. The third-order valence-corrected chi connectivity index (χ3v) is 4.73. The lowest BCUT2D eigenvalue weighted by molar-refractivity contribution is 0.270. The van der Waals surface area contributed by atoms with Crippen molar-refractivity contribution >= 4 is 10.0 Å². The van der Waals surface area contributed by atoms with Crippen LogP contribution < -0.4 is 4.72 Å². The van der Waals surface area contributed by atoms with Gasteiger partial charge in [0, 0.05) is 30.0 Å². The van der Waals surface area contributed by atoms with Crippen LogP contribution in [0.4, 0.5) is 0 Å². The van der Waals surface area contributed by atoms with Crippen molar-refractivity contribution in [2.24, 2.45) is 0 Å². The molecule has 108 valence electrons. The van der Waals surface area contributed by atoms with E-state index in [-0.39, 0.29) is 18.0 Å². The maximum atomic E-state index is 12.2. The second kappa shape index (κ2) is 5.08. The van der Waals surface area contributed by atoms with Crippen LogP contribution in [0.5, 0.6) is 0 Å². The number of aliphatic hydroxyl groups is 1. The third kappa shape index (κ3) is 2.65. The molecular formula is C13H16N2O4S. The predicted octanol–water partition coefficient (Wildman–Crippen LogP) is 1.39. The Morgan fingerprint density at radius 2 is 2.25 bits per heavy atom. The van der Waals surface area contributed by atoms with Gasteiger partial charge in [-0.2, -0.15) is 0 Å². The van der Waals surface area contributed by atoms with Crippen LogP contribution in [0.25, 0.3) is 0 Å². The first kappa shape index (κ1) is 13.4. The van der Waals surface area contributed by atoms with Crippen LogP contribution in [0.2, 0.25) is 0 Å². The zero-order valence-electron chi connectivity index (χ0n) is 10.8. The summed E-state index contributed by atoms with van der Waals surface area (Å²) in [6, 6.07) is 3.56. The Bertz CT molecular complexity index is 684. The van der Waals surface area contributed by atoms with Gasteiger partial charge in [0.25, 0.3) is 0 Å². The van der Waals surface area contributed by atoms with E-state index in [0.717, 1.165) is 18.4 Å². The van der Waals surface area contributed by atoms with Crippen LogP contribution >= 0.6 is 0 Å². The molecule has 0 aromatic carbocycles. The Hall–Kier alpha value is -1.57. The van der Waals surface area contributed by atoms with Gasteiger partial charge in [-0.25, -0.2) is 13.1 Å². The summed E-state index contributed by atoms with van der Waals surface area (Å²) in [6.45, 7) is 0.0235. The average Bonchev–Trinajstić information content (AvgIpc) is 2.98. The molecule has 2 heterocycles. The summed E-state index contributed by atoms with van der Waals surface area (Å²) in [4.78, 5) is 0.192. The van der Waals surface area contributed by atoms with E-state index in [1.54, 1.807) is 12.3 Å². The number of nitrogens with one attached hydrogen (secondary N) is 1. The van der Waals surface area contributed by atoms with Gasteiger partial charge in [0.05, 0.1) is 24.0 Å². The van der Waals surface area contributed by atoms with Crippen LogP contribution in [0.3, 0.4) is 0 Å². The van der Waals surface area contributed by atoms with Crippen molar-refractivity contribution in [2.45, 2.75) is 36.9 Å². The Balaban J connectivity index is 1.79. The minimum Gasteiger partial charge on any atom is -0.472 e. The van der Waals surface area contributed by atoms with E-state index in [9.17, 15) is 13.5 Å². The second-order valence-electron chi connectivity index (χ2n) is 4.92. The molecule has 0 amide bonds. The van der Waals surface area contributed by atoms with E-state index >= 15 is 0 Å². The van der Waals surface area contributed by atoms with Crippen LogP contribution in [0, 0.1) is 0 Å². The number of sulfonamides is 1. The number of aliphatic hydroxyl groups excluding tert-OH is 1. The standard InChI is InChI=1S/C13H16N2O4S/c16-8-12-5-13(7-15(12)11-1-2-11)20(17,18)14-6-10-3-4-19-9-10/h3-5,7,9,11,14,16H,1-2,6,8H2. The highest BCUT2D eigenvalue weighted by Crippen LogP contribution is 2.37. The molecule has 2 aromatic heterocycles. The lowest BCUT2D eigenvalue weighted by atomic mass is 10.4. The summed E-state index contributed by atoms with van der Waals surface area (Å²) in [5.41, 5.74) is 1.40. The van der Waals surface area contributed by atoms with E-state index in [0.29, 0.717) is 11.7 Å². The fourth-order valence-corrected chi connectivity index (χ4v) is 3.18. The summed E-state index contributed by atoms with van der Waals surface area (Å²) in [6.07, 6.45) is 6.66. The van der Waals surface area contributed by atoms with E-state index in [4.69, 9.17) is 4.42 Å². The molecule has 0 saturated heterocycles. The number of hydrogen-bond donors (Lipinski definition) is 2. The van der Waals surface area contributed by atoms with E-state index in [2.05, 4.69) is 4.72 Å². The first-order valence-electron chi connectivity index (χ1n) is 6.42. The Morgan fingerprint density at radius 3 is 2.85 bits per heavy atom. The molecule has 2 N–H and O–H groups in total. The van der Waals surface area contributed by atoms with Gasteiger partial charge in [-0.3, -0.25) is 0 Å².